The van der Waals surface area contributed by atoms with Gasteiger partial charge in [-0.1, -0.05) is 23.2 Å². The predicted octanol–water partition coefficient (Wildman–Crippen LogP) is 2.93. The van der Waals surface area contributed by atoms with E-state index in [1.165, 1.54) is 12.1 Å². The Kier molecular flexibility index (Phi) is 3.98. The monoisotopic (exact) mass is 237 g/mol. The maximum absolute atomic E-state index is 12.8. The van der Waals surface area contributed by atoms with Crippen molar-refractivity contribution < 1.29 is 9.50 Å². The van der Waals surface area contributed by atoms with E-state index in [1.807, 2.05) is 0 Å². The number of hydrogen-bond acceptors (Lipinski definition) is 2. The summed E-state index contributed by atoms with van der Waals surface area (Å²) in [5, 5.41) is 12.1. The molecule has 0 aliphatic carbocycles. The van der Waals surface area contributed by atoms with Crippen molar-refractivity contribution in [3.63, 3.8) is 0 Å². The van der Waals surface area contributed by atoms with E-state index in [4.69, 9.17) is 28.3 Å². The fourth-order valence-corrected chi connectivity index (χ4v) is 1.54. The molecule has 1 aromatic carbocycles. The smallest absolute Gasteiger partial charge is 0.126 e. The summed E-state index contributed by atoms with van der Waals surface area (Å²) in [7, 11) is 0. The first kappa shape index (κ1) is 11.6. The number of rotatable bonds is 3. The lowest BCUT2D eigenvalue weighted by Gasteiger charge is -2.15. The first-order chi connectivity index (χ1) is 6.54. The maximum Gasteiger partial charge on any atom is 0.126 e. The number of nitrogens with one attached hydrogen (secondary N) is 1. The highest BCUT2D eigenvalue weighted by Gasteiger charge is 2.10. The van der Waals surface area contributed by atoms with Crippen LogP contribution in [0.3, 0.4) is 0 Å². The molecule has 0 aliphatic rings. The number of anilines is 1. The zero-order valence-electron chi connectivity index (χ0n) is 7.52. The molecule has 1 unspecified atom stereocenters. The average Bonchev–Trinajstić information content (AvgIpc) is 2.10. The van der Waals surface area contributed by atoms with Gasteiger partial charge in [0, 0.05) is 6.04 Å². The second kappa shape index (κ2) is 4.82. The van der Waals surface area contributed by atoms with Gasteiger partial charge in [-0.3, -0.25) is 0 Å². The minimum Gasteiger partial charge on any atom is -0.394 e. The summed E-state index contributed by atoms with van der Waals surface area (Å²) < 4.78 is 12.8. The number of benzene rings is 1. The topological polar surface area (TPSA) is 32.3 Å². The number of halogens is 3. The summed E-state index contributed by atoms with van der Waals surface area (Å²) in [6, 6.07) is 2.15. The van der Waals surface area contributed by atoms with E-state index in [0.29, 0.717) is 5.69 Å². The zero-order chi connectivity index (χ0) is 10.7. The molecule has 0 bridgehead atoms. The van der Waals surface area contributed by atoms with Crippen LogP contribution in [0.1, 0.15) is 6.92 Å². The van der Waals surface area contributed by atoms with Gasteiger partial charge in [0.2, 0.25) is 0 Å². The molecule has 2 N–H and O–H groups in total. The van der Waals surface area contributed by atoms with Crippen molar-refractivity contribution in [2.45, 2.75) is 13.0 Å². The summed E-state index contributed by atoms with van der Waals surface area (Å²) in [5.41, 5.74) is 0.441. The van der Waals surface area contributed by atoms with Crippen molar-refractivity contribution in [3.05, 3.63) is 28.0 Å². The van der Waals surface area contributed by atoms with Gasteiger partial charge in [-0.15, -0.1) is 0 Å². The second-order valence-corrected chi connectivity index (χ2v) is 3.79. The fraction of sp³-hybridized carbons (Fsp3) is 0.333. The van der Waals surface area contributed by atoms with Gasteiger partial charge in [0.25, 0.3) is 0 Å². The van der Waals surface area contributed by atoms with Crippen LogP contribution in [0, 0.1) is 5.82 Å². The summed E-state index contributed by atoms with van der Waals surface area (Å²) in [4.78, 5) is 0. The summed E-state index contributed by atoms with van der Waals surface area (Å²) in [6.07, 6.45) is 0. The Bertz CT molecular complexity index is 310. The Labute approximate surface area is 91.6 Å². The molecule has 1 rings (SSSR count). The van der Waals surface area contributed by atoms with Crippen molar-refractivity contribution in [2.24, 2.45) is 0 Å². The average molecular weight is 238 g/mol. The Balaban J connectivity index is 2.96. The number of aliphatic hydroxyl groups excluding tert-OH is 1. The molecule has 78 valence electrons. The standard InChI is InChI=1S/C9H10Cl2FNO/c1-5(4-14)13-9-7(10)2-6(12)3-8(9)11/h2-3,5,13-14H,4H2,1H3. The second-order valence-electron chi connectivity index (χ2n) is 2.97. The molecule has 0 aromatic heterocycles. The number of hydrogen-bond donors (Lipinski definition) is 2. The van der Waals surface area contributed by atoms with Gasteiger partial charge in [0.15, 0.2) is 0 Å². The fourth-order valence-electron chi connectivity index (χ4n) is 0.972. The third-order valence-electron chi connectivity index (χ3n) is 1.67. The maximum atomic E-state index is 12.8. The third-order valence-corrected chi connectivity index (χ3v) is 2.27. The lowest BCUT2D eigenvalue weighted by molar-refractivity contribution is 0.281. The molecule has 0 amide bonds. The molecule has 14 heavy (non-hydrogen) atoms. The molecule has 1 atom stereocenters. The van der Waals surface area contributed by atoms with Crippen LogP contribution < -0.4 is 5.32 Å². The minimum atomic E-state index is -0.484. The van der Waals surface area contributed by atoms with Crippen LogP contribution in [0.4, 0.5) is 10.1 Å². The van der Waals surface area contributed by atoms with Gasteiger partial charge in [-0.2, -0.15) is 0 Å². The number of aliphatic hydroxyl groups is 1. The first-order valence-corrected chi connectivity index (χ1v) is 4.82. The van der Waals surface area contributed by atoms with E-state index >= 15 is 0 Å². The molecule has 0 fully saturated rings. The lowest BCUT2D eigenvalue weighted by Crippen LogP contribution is -2.19. The molecule has 0 radical (unpaired) electrons. The zero-order valence-corrected chi connectivity index (χ0v) is 9.03. The van der Waals surface area contributed by atoms with E-state index in [1.54, 1.807) is 6.92 Å². The largest absolute Gasteiger partial charge is 0.394 e. The van der Waals surface area contributed by atoms with Gasteiger partial charge in [0.1, 0.15) is 5.82 Å². The highest BCUT2D eigenvalue weighted by atomic mass is 35.5. The highest BCUT2D eigenvalue weighted by Crippen LogP contribution is 2.31. The molecule has 0 saturated carbocycles. The van der Waals surface area contributed by atoms with Gasteiger partial charge in [-0.25, -0.2) is 4.39 Å². The van der Waals surface area contributed by atoms with Crippen LogP contribution >= 0.6 is 23.2 Å². The summed E-state index contributed by atoms with van der Waals surface area (Å²) in [5.74, 6) is -0.484. The van der Waals surface area contributed by atoms with Crippen molar-refractivity contribution in [3.8, 4) is 0 Å². The quantitative estimate of drug-likeness (QED) is 0.848. The minimum absolute atomic E-state index is 0.0516. The van der Waals surface area contributed by atoms with Crippen LogP contribution in [0.25, 0.3) is 0 Å². The van der Waals surface area contributed by atoms with Crippen molar-refractivity contribution in [2.75, 3.05) is 11.9 Å². The van der Waals surface area contributed by atoms with Crippen LogP contribution in [-0.4, -0.2) is 17.8 Å². The van der Waals surface area contributed by atoms with Gasteiger partial charge >= 0.3 is 0 Å². The van der Waals surface area contributed by atoms with Crippen LogP contribution in [0.2, 0.25) is 10.0 Å². The van der Waals surface area contributed by atoms with Gasteiger partial charge in [-0.05, 0) is 19.1 Å². The Hall–Kier alpha value is -0.510. The lowest BCUT2D eigenvalue weighted by atomic mass is 10.2. The third kappa shape index (κ3) is 2.74. The van der Waals surface area contributed by atoms with E-state index in [2.05, 4.69) is 5.32 Å². The highest BCUT2D eigenvalue weighted by molar-refractivity contribution is 6.39. The van der Waals surface area contributed by atoms with Crippen molar-refractivity contribution >= 4 is 28.9 Å². The molecule has 0 heterocycles. The predicted molar refractivity (Wildman–Crippen MR) is 56.6 cm³/mol. The van der Waals surface area contributed by atoms with Crippen molar-refractivity contribution in [1.29, 1.82) is 0 Å². The summed E-state index contributed by atoms with van der Waals surface area (Å²) in [6.45, 7) is 1.71. The van der Waals surface area contributed by atoms with Gasteiger partial charge < -0.3 is 10.4 Å². The van der Waals surface area contributed by atoms with Crippen molar-refractivity contribution in [1.82, 2.24) is 0 Å². The van der Waals surface area contributed by atoms with E-state index in [0.717, 1.165) is 0 Å². The first-order valence-electron chi connectivity index (χ1n) is 4.06. The SMILES string of the molecule is CC(CO)Nc1c(Cl)cc(F)cc1Cl. The molecular weight excluding hydrogens is 228 g/mol. The molecule has 1 aromatic rings. The van der Waals surface area contributed by atoms with Crippen LogP contribution in [0.5, 0.6) is 0 Å². The Morgan fingerprint density at radius 1 is 1.43 bits per heavy atom. The van der Waals surface area contributed by atoms with Crippen LogP contribution in [-0.2, 0) is 0 Å². The normalized spacial score (nSPS) is 12.6. The van der Waals surface area contributed by atoms with E-state index < -0.39 is 5.82 Å². The molecule has 5 heteroatoms. The molecular formula is C9H10Cl2FNO. The van der Waals surface area contributed by atoms with Gasteiger partial charge in [0.05, 0.1) is 22.3 Å². The molecule has 0 saturated heterocycles. The molecule has 0 spiro atoms. The van der Waals surface area contributed by atoms with Crippen LogP contribution in [0.15, 0.2) is 12.1 Å². The van der Waals surface area contributed by atoms with E-state index in [-0.39, 0.29) is 22.7 Å². The Morgan fingerprint density at radius 3 is 2.36 bits per heavy atom. The van der Waals surface area contributed by atoms with E-state index in [9.17, 15) is 4.39 Å². The molecule has 0 aliphatic heterocycles. The molecule has 2 nitrogen and oxygen atoms in total. The summed E-state index contributed by atoms with van der Waals surface area (Å²) >= 11 is 11.5. The Morgan fingerprint density at radius 2 is 1.93 bits per heavy atom.